The van der Waals surface area contributed by atoms with E-state index in [9.17, 15) is 15.0 Å². The number of aliphatic hydroxyl groups is 2. The van der Waals surface area contributed by atoms with E-state index >= 15 is 0 Å². The van der Waals surface area contributed by atoms with Crippen molar-refractivity contribution in [2.24, 2.45) is 0 Å². The molecule has 3 rings (SSSR count). The van der Waals surface area contributed by atoms with Crippen molar-refractivity contribution in [2.75, 3.05) is 5.32 Å². The van der Waals surface area contributed by atoms with Gasteiger partial charge in [0.05, 0.1) is 18.5 Å². The van der Waals surface area contributed by atoms with Crippen LogP contribution in [0.1, 0.15) is 39.7 Å². The van der Waals surface area contributed by atoms with Gasteiger partial charge in [-0.2, -0.15) is 0 Å². The van der Waals surface area contributed by atoms with Crippen LogP contribution in [-0.4, -0.2) is 53.6 Å². The first-order valence-corrected chi connectivity index (χ1v) is 7.80. The summed E-state index contributed by atoms with van der Waals surface area (Å²) in [7, 11) is 0. The molecule has 24 heavy (non-hydrogen) atoms. The van der Waals surface area contributed by atoms with Gasteiger partial charge < -0.3 is 19.5 Å². The van der Waals surface area contributed by atoms with Crippen molar-refractivity contribution in [3.05, 3.63) is 12.7 Å². The highest BCUT2D eigenvalue weighted by Gasteiger charge is 2.35. The van der Waals surface area contributed by atoms with E-state index in [-0.39, 0.29) is 11.9 Å². The second-order valence-corrected chi connectivity index (χ2v) is 6.88. The van der Waals surface area contributed by atoms with Gasteiger partial charge in [0.2, 0.25) is 0 Å². The van der Waals surface area contributed by atoms with Crippen LogP contribution in [0.25, 0.3) is 11.2 Å². The third kappa shape index (κ3) is 3.17. The van der Waals surface area contributed by atoms with Gasteiger partial charge in [0.15, 0.2) is 17.0 Å². The summed E-state index contributed by atoms with van der Waals surface area (Å²) in [5.41, 5.74) is 0.255. The largest absolute Gasteiger partial charge is 0.444 e. The van der Waals surface area contributed by atoms with Crippen molar-refractivity contribution in [1.29, 1.82) is 0 Å². The smallest absolute Gasteiger partial charge is 0.413 e. The fraction of sp³-hybridized carbons (Fsp3) is 0.600. The second-order valence-electron chi connectivity index (χ2n) is 6.88. The molecule has 0 aliphatic heterocycles. The Kier molecular flexibility index (Phi) is 4.14. The lowest BCUT2D eigenvalue weighted by Gasteiger charge is -2.19. The van der Waals surface area contributed by atoms with Crippen LogP contribution in [-0.2, 0) is 4.74 Å². The van der Waals surface area contributed by atoms with Gasteiger partial charge in [0.25, 0.3) is 0 Å². The number of carbonyl (C=O) groups excluding carboxylic acids is 1. The Morgan fingerprint density at radius 3 is 2.67 bits per heavy atom. The van der Waals surface area contributed by atoms with E-state index in [0.717, 1.165) is 0 Å². The monoisotopic (exact) mass is 335 g/mol. The van der Waals surface area contributed by atoms with Crippen LogP contribution in [0.2, 0.25) is 0 Å². The number of anilines is 1. The predicted molar refractivity (Wildman–Crippen MR) is 85.5 cm³/mol. The molecule has 0 aromatic carbocycles. The average molecular weight is 335 g/mol. The minimum Gasteiger partial charge on any atom is -0.444 e. The van der Waals surface area contributed by atoms with Crippen molar-refractivity contribution >= 4 is 23.1 Å². The summed E-state index contributed by atoms with van der Waals surface area (Å²) in [6, 6.07) is -0.311. The highest BCUT2D eigenvalue weighted by atomic mass is 16.6. The van der Waals surface area contributed by atoms with Crippen molar-refractivity contribution in [3.8, 4) is 0 Å². The number of aliphatic hydroxyl groups excluding tert-OH is 2. The predicted octanol–water partition coefficient (Wildman–Crippen LogP) is 1.23. The number of hydrogen-bond acceptors (Lipinski definition) is 7. The third-order valence-electron chi connectivity index (χ3n) is 3.88. The van der Waals surface area contributed by atoms with Crippen LogP contribution in [0.4, 0.5) is 10.6 Å². The molecule has 2 heterocycles. The number of nitrogens with zero attached hydrogens (tertiary/aromatic N) is 4. The minimum atomic E-state index is -0.875. The van der Waals surface area contributed by atoms with Crippen molar-refractivity contribution in [1.82, 2.24) is 19.5 Å². The zero-order valence-electron chi connectivity index (χ0n) is 13.8. The molecule has 9 nitrogen and oxygen atoms in total. The van der Waals surface area contributed by atoms with E-state index in [1.165, 1.54) is 12.7 Å². The maximum Gasteiger partial charge on any atom is 0.413 e. The normalized spacial score (nSPS) is 24.3. The zero-order valence-corrected chi connectivity index (χ0v) is 13.8. The average Bonchev–Trinajstić information content (AvgIpc) is 3.02. The summed E-state index contributed by atoms with van der Waals surface area (Å²) >= 11 is 0. The number of carbonyl (C=O) groups is 1. The number of amides is 1. The standard InChI is InChI=1S/C15H21N5O4/c1-15(2,3)24-14(23)19-12-10-13(17-6-16-12)20(7-18-10)8-4-5-9(21)11(8)22/h6-9,11,21-22H,4-5H2,1-3H3,(H,16,17,19,23)/t8-,9-,11+/m1/s1. The molecule has 0 unspecified atom stereocenters. The number of aromatic nitrogens is 4. The molecule has 0 saturated heterocycles. The van der Waals surface area contributed by atoms with Crippen molar-refractivity contribution < 1.29 is 19.7 Å². The van der Waals surface area contributed by atoms with Gasteiger partial charge in [0.1, 0.15) is 18.0 Å². The molecule has 2 aromatic rings. The van der Waals surface area contributed by atoms with Gasteiger partial charge in [-0.3, -0.25) is 5.32 Å². The summed E-state index contributed by atoms with van der Waals surface area (Å²) in [4.78, 5) is 24.4. The second kappa shape index (κ2) is 5.99. The molecule has 1 aliphatic carbocycles. The van der Waals surface area contributed by atoms with E-state index in [4.69, 9.17) is 4.74 Å². The van der Waals surface area contributed by atoms with Gasteiger partial charge in [-0.15, -0.1) is 0 Å². The topological polar surface area (TPSA) is 122 Å². The molecule has 1 amide bonds. The van der Waals surface area contributed by atoms with Gasteiger partial charge in [-0.1, -0.05) is 0 Å². The van der Waals surface area contributed by atoms with Gasteiger partial charge in [-0.25, -0.2) is 19.7 Å². The van der Waals surface area contributed by atoms with Crippen LogP contribution < -0.4 is 5.32 Å². The lowest BCUT2D eigenvalue weighted by molar-refractivity contribution is 0.0241. The maximum absolute atomic E-state index is 11.9. The summed E-state index contributed by atoms with van der Waals surface area (Å²) in [6.45, 7) is 5.30. The lowest BCUT2D eigenvalue weighted by atomic mass is 10.2. The summed E-state index contributed by atoms with van der Waals surface area (Å²) in [5.74, 6) is 0.237. The molecule has 0 radical (unpaired) electrons. The molecule has 0 spiro atoms. The third-order valence-corrected chi connectivity index (χ3v) is 3.88. The molecule has 1 aliphatic rings. The van der Waals surface area contributed by atoms with E-state index in [1.54, 1.807) is 25.3 Å². The number of nitrogens with one attached hydrogen (secondary N) is 1. The Morgan fingerprint density at radius 2 is 2.04 bits per heavy atom. The van der Waals surface area contributed by atoms with Crippen molar-refractivity contribution in [3.63, 3.8) is 0 Å². The SMILES string of the molecule is CC(C)(C)OC(=O)Nc1ncnc2c1ncn2[C@@H]1CC[C@@H](O)[C@H]1O. The molecule has 9 heteroatoms. The molecule has 2 aromatic heterocycles. The van der Waals surface area contributed by atoms with E-state index < -0.39 is 23.9 Å². The molecule has 130 valence electrons. The molecule has 0 bridgehead atoms. The molecule has 1 saturated carbocycles. The Morgan fingerprint density at radius 1 is 1.29 bits per heavy atom. The van der Waals surface area contributed by atoms with Crippen LogP contribution in [0.15, 0.2) is 12.7 Å². The Labute approximate surface area is 138 Å². The lowest BCUT2D eigenvalue weighted by Crippen LogP contribution is -2.28. The first-order chi connectivity index (χ1) is 11.3. The fourth-order valence-electron chi connectivity index (χ4n) is 2.83. The minimum absolute atomic E-state index is 0.237. The quantitative estimate of drug-likeness (QED) is 0.754. The van der Waals surface area contributed by atoms with E-state index in [2.05, 4.69) is 20.3 Å². The molecule has 1 fully saturated rings. The van der Waals surface area contributed by atoms with Gasteiger partial charge >= 0.3 is 6.09 Å². The Hall–Kier alpha value is -2.26. The van der Waals surface area contributed by atoms with Crippen molar-refractivity contribution in [2.45, 2.75) is 57.5 Å². The highest BCUT2D eigenvalue weighted by molar-refractivity contribution is 5.93. The van der Waals surface area contributed by atoms with Crippen LogP contribution in [0.5, 0.6) is 0 Å². The summed E-state index contributed by atoms with van der Waals surface area (Å²) in [6.07, 6.45) is 1.71. The van der Waals surface area contributed by atoms with Crippen LogP contribution >= 0.6 is 0 Å². The maximum atomic E-state index is 11.9. The van der Waals surface area contributed by atoms with Crippen LogP contribution in [0, 0.1) is 0 Å². The Balaban J connectivity index is 1.88. The fourth-order valence-corrected chi connectivity index (χ4v) is 2.83. The highest BCUT2D eigenvalue weighted by Crippen LogP contribution is 2.33. The van der Waals surface area contributed by atoms with Gasteiger partial charge in [-0.05, 0) is 33.6 Å². The van der Waals surface area contributed by atoms with Crippen LogP contribution in [0.3, 0.4) is 0 Å². The molecular formula is C15H21N5O4. The number of rotatable bonds is 2. The summed E-state index contributed by atoms with van der Waals surface area (Å²) < 4.78 is 6.92. The number of ether oxygens (including phenoxy) is 1. The number of hydrogen-bond donors (Lipinski definition) is 3. The molecular weight excluding hydrogens is 314 g/mol. The summed E-state index contributed by atoms with van der Waals surface area (Å²) in [5, 5.41) is 22.4. The first kappa shape index (κ1) is 16.6. The number of imidazole rings is 1. The van der Waals surface area contributed by atoms with Gasteiger partial charge in [0, 0.05) is 0 Å². The van der Waals surface area contributed by atoms with E-state index in [1.807, 2.05) is 0 Å². The molecule has 3 N–H and O–H groups in total. The molecule has 3 atom stereocenters. The zero-order chi connectivity index (χ0) is 17.5. The van der Waals surface area contributed by atoms with E-state index in [0.29, 0.717) is 24.0 Å². The Bertz CT molecular complexity index is 754. The first-order valence-electron chi connectivity index (χ1n) is 7.80. The number of fused-ring (bicyclic) bond motifs is 1.